The standard InChI is InChI=1S/C19H25N5O2.HI/c1-20-18(25)16-6-3-5-15(13-16)8-10-23-19(21-2)24-11-12-26-17-7-4-9-22-14-17;/h3-7,9,13-14H,8,10-12H2,1-2H3,(H,20,25)(H2,21,23,24);1H. The highest BCUT2D eigenvalue weighted by molar-refractivity contribution is 14.0. The minimum Gasteiger partial charge on any atom is -0.490 e. The molecule has 0 saturated heterocycles. The van der Waals surface area contributed by atoms with Crippen LogP contribution in [0.15, 0.2) is 53.8 Å². The van der Waals surface area contributed by atoms with Gasteiger partial charge in [0.25, 0.3) is 5.91 Å². The predicted octanol–water partition coefficient (Wildman–Crippen LogP) is 1.85. The molecule has 1 amide bonds. The molecule has 0 radical (unpaired) electrons. The number of amides is 1. The Labute approximate surface area is 177 Å². The molecule has 2 aromatic rings. The molecule has 1 aromatic carbocycles. The van der Waals surface area contributed by atoms with Gasteiger partial charge in [0.2, 0.25) is 0 Å². The average molecular weight is 483 g/mol. The van der Waals surface area contributed by atoms with Crippen molar-refractivity contribution in [3.63, 3.8) is 0 Å². The minimum absolute atomic E-state index is 0. The SMILES string of the molecule is CN=C(NCCOc1cccnc1)NCCc1cccc(C(=O)NC)c1.I. The summed E-state index contributed by atoms with van der Waals surface area (Å²) in [4.78, 5) is 19.9. The van der Waals surface area contributed by atoms with Crippen molar-refractivity contribution in [1.29, 1.82) is 0 Å². The molecule has 8 heteroatoms. The summed E-state index contributed by atoms with van der Waals surface area (Å²) in [7, 11) is 3.35. The Balaban J connectivity index is 0.00000364. The normalized spacial score (nSPS) is 10.5. The lowest BCUT2D eigenvalue weighted by atomic mass is 10.1. The van der Waals surface area contributed by atoms with E-state index in [9.17, 15) is 4.79 Å². The average Bonchev–Trinajstić information content (AvgIpc) is 2.70. The highest BCUT2D eigenvalue weighted by atomic mass is 127. The van der Waals surface area contributed by atoms with Gasteiger partial charge in [-0.05, 0) is 36.2 Å². The maximum absolute atomic E-state index is 11.7. The smallest absolute Gasteiger partial charge is 0.251 e. The van der Waals surface area contributed by atoms with Crippen LogP contribution in [0.4, 0.5) is 0 Å². The fourth-order valence-electron chi connectivity index (χ4n) is 2.33. The molecular formula is C19H26IN5O2. The maximum Gasteiger partial charge on any atom is 0.251 e. The van der Waals surface area contributed by atoms with Crippen molar-refractivity contribution in [2.75, 3.05) is 33.8 Å². The molecule has 2 rings (SSSR count). The van der Waals surface area contributed by atoms with Gasteiger partial charge in [-0.15, -0.1) is 24.0 Å². The number of rotatable bonds is 8. The van der Waals surface area contributed by atoms with E-state index in [1.165, 1.54) is 0 Å². The lowest BCUT2D eigenvalue weighted by molar-refractivity contribution is 0.0963. The van der Waals surface area contributed by atoms with Gasteiger partial charge in [-0.3, -0.25) is 14.8 Å². The third kappa shape index (κ3) is 8.25. The highest BCUT2D eigenvalue weighted by Crippen LogP contribution is 2.06. The first-order valence-electron chi connectivity index (χ1n) is 8.51. The summed E-state index contributed by atoms with van der Waals surface area (Å²) in [5.41, 5.74) is 1.76. The monoisotopic (exact) mass is 483 g/mol. The van der Waals surface area contributed by atoms with Crippen LogP contribution in [0.3, 0.4) is 0 Å². The number of nitrogens with one attached hydrogen (secondary N) is 3. The largest absolute Gasteiger partial charge is 0.490 e. The van der Waals surface area contributed by atoms with Crippen LogP contribution in [0.1, 0.15) is 15.9 Å². The third-order valence-electron chi connectivity index (χ3n) is 3.64. The first-order chi connectivity index (χ1) is 12.7. The summed E-state index contributed by atoms with van der Waals surface area (Å²) in [5.74, 6) is 1.38. The molecule has 0 aliphatic carbocycles. The van der Waals surface area contributed by atoms with Gasteiger partial charge in [0, 0.05) is 32.4 Å². The van der Waals surface area contributed by atoms with Crippen molar-refractivity contribution < 1.29 is 9.53 Å². The van der Waals surface area contributed by atoms with Gasteiger partial charge in [-0.25, -0.2) is 0 Å². The molecular weight excluding hydrogens is 457 g/mol. The van der Waals surface area contributed by atoms with Crippen molar-refractivity contribution in [3.8, 4) is 5.75 Å². The molecule has 7 nitrogen and oxygen atoms in total. The zero-order chi connectivity index (χ0) is 18.6. The molecule has 0 bridgehead atoms. The molecule has 1 aromatic heterocycles. The molecule has 146 valence electrons. The Morgan fingerprint density at radius 3 is 2.70 bits per heavy atom. The number of halogens is 1. The van der Waals surface area contributed by atoms with E-state index in [0.29, 0.717) is 31.2 Å². The Morgan fingerprint density at radius 1 is 1.19 bits per heavy atom. The molecule has 0 aliphatic heterocycles. The molecule has 0 fully saturated rings. The van der Waals surface area contributed by atoms with Crippen molar-refractivity contribution in [2.45, 2.75) is 6.42 Å². The van der Waals surface area contributed by atoms with Gasteiger partial charge in [0.15, 0.2) is 5.96 Å². The van der Waals surface area contributed by atoms with Crippen molar-refractivity contribution >= 4 is 35.8 Å². The number of guanidine groups is 1. The number of hydrogen-bond donors (Lipinski definition) is 3. The van der Waals surface area contributed by atoms with Gasteiger partial charge < -0.3 is 20.7 Å². The van der Waals surface area contributed by atoms with Gasteiger partial charge in [0.1, 0.15) is 12.4 Å². The first kappa shape index (κ1) is 22.7. The molecule has 0 atom stereocenters. The van der Waals surface area contributed by atoms with Crippen LogP contribution in [0.5, 0.6) is 5.75 Å². The Kier molecular flexibility index (Phi) is 10.8. The number of pyridine rings is 1. The van der Waals surface area contributed by atoms with Crippen LogP contribution < -0.4 is 20.7 Å². The van der Waals surface area contributed by atoms with Crippen LogP contribution >= 0.6 is 24.0 Å². The van der Waals surface area contributed by atoms with Crippen LogP contribution in [-0.4, -0.2) is 50.6 Å². The van der Waals surface area contributed by atoms with E-state index in [4.69, 9.17) is 4.74 Å². The summed E-state index contributed by atoms with van der Waals surface area (Å²) in [6.07, 6.45) is 4.18. The van der Waals surface area contributed by atoms with E-state index >= 15 is 0 Å². The van der Waals surface area contributed by atoms with E-state index < -0.39 is 0 Å². The molecule has 0 aliphatic rings. The number of aliphatic imine (C=N–C) groups is 1. The first-order valence-corrected chi connectivity index (χ1v) is 8.51. The number of carbonyl (C=O) groups excluding carboxylic acids is 1. The van der Waals surface area contributed by atoms with E-state index in [-0.39, 0.29) is 29.9 Å². The molecule has 1 heterocycles. The third-order valence-corrected chi connectivity index (χ3v) is 3.64. The Hall–Kier alpha value is -2.36. The van der Waals surface area contributed by atoms with Gasteiger partial charge >= 0.3 is 0 Å². The van der Waals surface area contributed by atoms with E-state index in [1.807, 2.05) is 30.3 Å². The second-order valence-electron chi connectivity index (χ2n) is 5.49. The highest BCUT2D eigenvalue weighted by Gasteiger charge is 2.04. The molecule has 0 saturated carbocycles. The number of ether oxygens (including phenoxy) is 1. The number of nitrogens with zero attached hydrogens (tertiary/aromatic N) is 2. The summed E-state index contributed by atoms with van der Waals surface area (Å²) >= 11 is 0. The van der Waals surface area contributed by atoms with Crippen molar-refractivity contribution in [1.82, 2.24) is 20.9 Å². The second-order valence-corrected chi connectivity index (χ2v) is 5.49. The maximum atomic E-state index is 11.7. The summed E-state index contributed by atoms with van der Waals surface area (Å²) in [5, 5.41) is 9.08. The molecule has 3 N–H and O–H groups in total. The Morgan fingerprint density at radius 2 is 2.00 bits per heavy atom. The predicted molar refractivity (Wildman–Crippen MR) is 118 cm³/mol. The van der Waals surface area contributed by atoms with Gasteiger partial charge in [-0.2, -0.15) is 0 Å². The minimum atomic E-state index is -0.0779. The summed E-state index contributed by atoms with van der Waals surface area (Å²) in [6, 6.07) is 11.3. The van der Waals surface area contributed by atoms with Gasteiger partial charge in [0.05, 0.1) is 12.7 Å². The molecule has 0 unspecified atom stereocenters. The molecule has 27 heavy (non-hydrogen) atoms. The van der Waals surface area contributed by atoms with Crippen molar-refractivity contribution in [3.05, 3.63) is 59.9 Å². The fourth-order valence-corrected chi connectivity index (χ4v) is 2.33. The number of hydrogen-bond acceptors (Lipinski definition) is 4. The van der Waals surface area contributed by atoms with E-state index in [0.717, 1.165) is 17.7 Å². The number of benzene rings is 1. The fraction of sp³-hybridized carbons (Fsp3) is 0.316. The topological polar surface area (TPSA) is 87.6 Å². The lowest BCUT2D eigenvalue weighted by Gasteiger charge is -2.12. The molecule has 0 spiro atoms. The van der Waals surface area contributed by atoms with Crippen LogP contribution in [0.2, 0.25) is 0 Å². The van der Waals surface area contributed by atoms with Crippen LogP contribution in [-0.2, 0) is 6.42 Å². The van der Waals surface area contributed by atoms with Crippen LogP contribution in [0, 0.1) is 0 Å². The lowest BCUT2D eigenvalue weighted by Crippen LogP contribution is -2.40. The summed E-state index contributed by atoms with van der Waals surface area (Å²) < 4.78 is 5.58. The quantitative estimate of drug-likeness (QED) is 0.231. The van der Waals surface area contributed by atoms with E-state index in [2.05, 4.69) is 25.9 Å². The zero-order valence-corrected chi connectivity index (χ0v) is 17.9. The van der Waals surface area contributed by atoms with E-state index in [1.54, 1.807) is 32.6 Å². The number of carbonyl (C=O) groups is 1. The number of aromatic nitrogens is 1. The zero-order valence-electron chi connectivity index (χ0n) is 15.6. The van der Waals surface area contributed by atoms with Gasteiger partial charge in [-0.1, -0.05) is 12.1 Å². The Bertz CT molecular complexity index is 725. The second kappa shape index (κ2) is 12.9. The van der Waals surface area contributed by atoms with Crippen molar-refractivity contribution in [2.24, 2.45) is 4.99 Å². The van der Waals surface area contributed by atoms with Crippen LogP contribution in [0.25, 0.3) is 0 Å². The summed E-state index contributed by atoms with van der Waals surface area (Å²) in [6.45, 7) is 1.85.